The fraction of sp³-hybridized carbons (Fsp3) is 0.647. The molecule has 2 N–H and O–H groups in total. The first-order valence-corrected chi connectivity index (χ1v) is 7.67. The third-order valence-corrected chi connectivity index (χ3v) is 4.38. The van der Waals surface area contributed by atoms with Gasteiger partial charge in [-0.3, -0.25) is 0 Å². The number of aliphatic hydroxyl groups is 1. The van der Waals surface area contributed by atoms with E-state index < -0.39 is 0 Å². The number of benzene rings is 1. The zero-order valence-corrected chi connectivity index (χ0v) is 12.7. The molecule has 1 unspecified atom stereocenters. The van der Waals surface area contributed by atoms with Crippen LogP contribution in [0.4, 0.5) is 0 Å². The van der Waals surface area contributed by atoms with Gasteiger partial charge in [-0.25, -0.2) is 0 Å². The van der Waals surface area contributed by atoms with Crippen molar-refractivity contribution in [1.82, 2.24) is 5.32 Å². The Balaban J connectivity index is 1.87. The molecule has 0 radical (unpaired) electrons. The third kappa shape index (κ3) is 4.22. The van der Waals surface area contributed by atoms with Crippen molar-refractivity contribution >= 4 is 0 Å². The summed E-state index contributed by atoms with van der Waals surface area (Å²) in [6.07, 6.45) is 7.05. The van der Waals surface area contributed by atoms with Gasteiger partial charge in [-0.2, -0.15) is 0 Å². The van der Waals surface area contributed by atoms with Crippen LogP contribution in [-0.4, -0.2) is 30.4 Å². The molecule has 0 aromatic heterocycles. The monoisotopic (exact) mass is 277 g/mol. The Kier molecular flexibility index (Phi) is 5.44. The highest BCUT2D eigenvalue weighted by Gasteiger charge is 2.27. The van der Waals surface area contributed by atoms with Crippen LogP contribution in [0.25, 0.3) is 0 Å². The van der Waals surface area contributed by atoms with Gasteiger partial charge in [-0.15, -0.1) is 0 Å². The molecule has 1 aromatic carbocycles. The number of ether oxygens (including phenoxy) is 1. The maximum atomic E-state index is 9.72. The molecule has 1 atom stereocenters. The van der Waals surface area contributed by atoms with Crippen molar-refractivity contribution in [2.75, 3.05) is 13.7 Å². The van der Waals surface area contributed by atoms with Crippen molar-refractivity contribution in [3.63, 3.8) is 0 Å². The molecule has 1 aliphatic carbocycles. The minimum absolute atomic E-state index is 0.172. The summed E-state index contributed by atoms with van der Waals surface area (Å²) in [5.74, 6) is 0.891. The van der Waals surface area contributed by atoms with Gasteiger partial charge in [-0.1, -0.05) is 25.0 Å². The van der Waals surface area contributed by atoms with Crippen molar-refractivity contribution < 1.29 is 9.84 Å². The SMILES string of the molecule is COc1ccc(CCC(C)(CO)NC2CCCC2)cc1. The Morgan fingerprint density at radius 3 is 2.45 bits per heavy atom. The molecule has 112 valence electrons. The Morgan fingerprint density at radius 1 is 1.25 bits per heavy atom. The summed E-state index contributed by atoms with van der Waals surface area (Å²) in [6.45, 7) is 2.33. The van der Waals surface area contributed by atoms with E-state index >= 15 is 0 Å². The first-order valence-electron chi connectivity index (χ1n) is 7.67. The summed E-state index contributed by atoms with van der Waals surface area (Å²) in [6, 6.07) is 8.78. The van der Waals surface area contributed by atoms with Crippen molar-refractivity contribution in [1.29, 1.82) is 0 Å². The minimum Gasteiger partial charge on any atom is -0.497 e. The van der Waals surface area contributed by atoms with Gasteiger partial charge in [0.1, 0.15) is 5.75 Å². The standard InChI is InChI=1S/C17H27NO2/c1-17(13-19,18-15-5-3-4-6-15)12-11-14-7-9-16(20-2)10-8-14/h7-10,15,18-19H,3-6,11-13H2,1-2H3. The van der Waals surface area contributed by atoms with E-state index in [1.54, 1.807) is 7.11 Å². The average Bonchev–Trinajstić information content (AvgIpc) is 2.98. The second kappa shape index (κ2) is 7.09. The summed E-state index contributed by atoms with van der Waals surface area (Å²) in [5.41, 5.74) is 1.12. The van der Waals surface area contributed by atoms with Gasteiger partial charge in [0.15, 0.2) is 0 Å². The predicted octanol–water partition coefficient (Wildman–Crippen LogP) is 2.91. The topological polar surface area (TPSA) is 41.5 Å². The lowest BCUT2D eigenvalue weighted by Gasteiger charge is -2.32. The number of aryl methyl sites for hydroxylation is 1. The van der Waals surface area contributed by atoms with Crippen molar-refractivity contribution in [3.05, 3.63) is 29.8 Å². The molecule has 2 rings (SSSR count). The number of nitrogens with one attached hydrogen (secondary N) is 1. The molecule has 1 fully saturated rings. The van der Waals surface area contributed by atoms with E-state index in [-0.39, 0.29) is 12.1 Å². The summed E-state index contributed by atoms with van der Waals surface area (Å²) in [5, 5.41) is 13.4. The molecular weight excluding hydrogens is 250 g/mol. The smallest absolute Gasteiger partial charge is 0.118 e. The zero-order valence-electron chi connectivity index (χ0n) is 12.7. The van der Waals surface area contributed by atoms with Gasteiger partial charge in [0.25, 0.3) is 0 Å². The molecule has 1 saturated carbocycles. The lowest BCUT2D eigenvalue weighted by Crippen LogP contribution is -2.50. The normalized spacial score (nSPS) is 18.9. The number of methoxy groups -OCH3 is 1. The van der Waals surface area contributed by atoms with Crippen LogP contribution in [0.5, 0.6) is 5.75 Å². The van der Waals surface area contributed by atoms with Crippen molar-refractivity contribution in [2.24, 2.45) is 0 Å². The van der Waals surface area contributed by atoms with E-state index in [0.29, 0.717) is 6.04 Å². The third-order valence-electron chi connectivity index (χ3n) is 4.38. The first kappa shape index (κ1) is 15.3. The Morgan fingerprint density at radius 2 is 1.90 bits per heavy atom. The molecule has 20 heavy (non-hydrogen) atoms. The summed E-state index contributed by atoms with van der Waals surface area (Å²) >= 11 is 0. The van der Waals surface area contributed by atoms with Gasteiger partial charge in [0, 0.05) is 11.6 Å². The Bertz CT molecular complexity index is 398. The van der Waals surface area contributed by atoms with Crippen LogP contribution in [0.15, 0.2) is 24.3 Å². The second-order valence-electron chi connectivity index (χ2n) is 6.19. The maximum Gasteiger partial charge on any atom is 0.118 e. The summed E-state index contributed by atoms with van der Waals surface area (Å²) in [7, 11) is 1.68. The Labute approximate surface area is 122 Å². The quantitative estimate of drug-likeness (QED) is 0.805. The summed E-state index contributed by atoms with van der Waals surface area (Å²) in [4.78, 5) is 0. The van der Waals surface area contributed by atoms with E-state index in [0.717, 1.165) is 18.6 Å². The van der Waals surface area contributed by atoms with Crippen LogP contribution in [0.2, 0.25) is 0 Å². The summed E-state index contributed by atoms with van der Waals surface area (Å²) < 4.78 is 5.17. The van der Waals surface area contributed by atoms with Crippen LogP contribution in [0, 0.1) is 0 Å². The van der Waals surface area contributed by atoms with Crippen molar-refractivity contribution in [2.45, 2.75) is 57.0 Å². The minimum atomic E-state index is -0.172. The molecule has 3 nitrogen and oxygen atoms in total. The fourth-order valence-corrected chi connectivity index (χ4v) is 2.97. The van der Waals surface area contributed by atoms with E-state index in [2.05, 4.69) is 24.4 Å². The lowest BCUT2D eigenvalue weighted by molar-refractivity contribution is 0.153. The van der Waals surface area contributed by atoms with Gasteiger partial charge in [0.05, 0.1) is 13.7 Å². The van der Waals surface area contributed by atoms with Crippen molar-refractivity contribution in [3.8, 4) is 5.75 Å². The van der Waals surface area contributed by atoms with Crippen LogP contribution in [-0.2, 0) is 6.42 Å². The fourth-order valence-electron chi connectivity index (χ4n) is 2.97. The largest absolute Gasteiger partial charge is 0.497 e. The number of rotatable bonds is 7. The molecule has 3 heteroatoms. The number of hydrogen-bond donors (Lipinski definition) is 2. The molecule has 0 saturated heterocycles. The molecule has 1 aromatic rings. The van der Waals surface area contributed by atoms with E-state index in [4.69, 9.17) is 4.74 Å². The molecular formula is C17H27NO2. The van der Waals surface area contributed by atoms with Gasteiger partial charge in [-0.05, 0) is 50.3 Å². The molecule has 0 amide bonds. The molecule has 0 heterocycles. The molecule has 0 bridgehead atoms. The van der Waals surface area contributed by atoms with Crippen LogP contribution in [0.3, 0.4) is 0 Å². The molecule has 1 aliphatic rings. The number of aliphatic hydroxyl groups excluding tert-OH is 1. The van der Waals surface area contributed by atoms with E-state index in [1.807, 2.05) is 12.1 Å². The van der Waals surface area contributed by atoms with Gasteiger partial charge >= 0.3 is 0 Å². The van der Waals surface area contributed by atoms with Crippen LogP contribution in [0.1, 0.15) is 44.6 Å². The highest BCUT2D eigenvalue weighted by molar-refractivity contribution is 5.27. The van der Waals surface area contributed by atoms with Gasteiger partial charge in [0.2, 0.25) is 0 Å². The predicted molar refractivity (Wildman–Crippen MR) is 82.2 cm³/mol. The molecule has 0 spiro atoms. The highest BCUT2D eigenvalue weighted by atomic mass is 16.5. The number of hydrogen-bond acceptors (Lipinski definition) is 3. The lowest BCUT2D eigenvalue weighted by atomic mass is 9.92. The van der Waals surface area contributed by atoms with E-state index in [9.17, 15) is 5.11 Å². The maximum absolute atomic E-state index is 9.72. The highest BCUT2D eigenvalue weighted by Crippen LogP contribution is 2.23. The first-order chi connectivity index (χ1) is 9.65. The van der Waals surface area contributed by atoms with Crippen LogP contribution >= 0.6 is 0 Å². The van der Waals surface area contributed by atoms with E-state index in [1.165, 1.54) is 31.2 Å². The van der Waals surface area contributed by atoms with Gasteiger partial charge < -0.3 is 15.2 Å². The average molecular weight is 277 g/mol. The van der Waals surface area contributed by atoms with Crippen LogP contribution < -0.4 is 10.1 Å². The zero-order chi connectivity index (χ0) is 14.4. The second-order valence-corrected chi connectivity index (χ2v) is 6.19. The molecule has 0 aliphatic heterocycles. The Hall–Kier alpha value is -1.06.